The second kappa shape index (κ2) is 3.53. The van der Waals surface area contributed by atoms with Crippen LogP contribution in [0.1, 0.15) is 16.2 Å². The molecule has 13 heavy (non-hydrogen) atoms. The monoisotopic (exact) mass is 199 g/mol. The van der Waals surface area contributed by atoms with Crippen LogP contribution < -0.4 is 5.32 Å². The van der Waals surface area contributed by atoms with Gasteiger partial charge >= 0.3 is 5.97 Å². The highest BCUT2D eigenvalue weighted by Gasteiger charge is 2.12. The molecule has 0 unspecified atom stereocenters. The number of hydrogen-bond donors (Lipinski definition) is 3. The molecular weight excluding hydrogens is 190 g/mol. The Morgan fingerprint density at radius 2 is 2.31 bits per heavy atom. The van der Waals surface area contributed by atoms with Gasteiger partial charge < -0.3 is 15.4 Å². The molecule has 0 aliphatic rings. The number of anilines is 1. The molecule has 0 aliphatic carbocycles. The molecule has 0 radical (unpaired) electrons. The summed E-state index contributed by atoms with van der Waals surface area (Å²) in [5, 5.41) is 11.5. The molecule has 0 spiro atoms. The molecular formula is C7H9N3O2S. The largest absolute Gasteiger partial charge is 0.477 e. The van der Waals surface area contributed by atoms with Crippen LogP contribution in [0.3, 0.4) is 0 Å². The Hall–Kier alpha value is -1.43. The molecule has 1 aromatic heterocycles. The van der Waals surface area contributed by atoms with Crippen LogP contribution in [0.2, 0.25) is 0 Å². The van der Waals surface area contributed by atoms with Crippen LogP contribution in [0.5, 0.6) is 0 Å². The van der Waals surface area contributed by atoms with E-state index in [-0.39, 0.29) is 10.2 Å². The summed E-state index contributed by atoms with van der Waals surface area (Å²) in [6.07, 6.45) is 0. The number of aromatic amines is 1. The van der Waals surface area contributed by atoms with Crippen LogP contribution in [0.15, 0.2) is 0 Å². The van der Waals surface area contributed by atoms with Gasteiger partial charge in [0.25, 0.3) is 0 Å². The summed E-state index contributed by atoms with van der Waals surface area (Å²) in [7, 11) is 1.62. The van der Waals surface area contributed by atoms with Gasteiger partial charge in [-0.15, -0.1) is 0 Å². The molecule has 0 atom stereocenters. The molecule has 1 aromatic rings. The van der Waals surface area contributed by atoms with Crippen molar-refractivity contribution in [2.24, 2.45) is 0 Å². The Labute approximate surface area is 79.8 Å². The average molecular weight is 199 g/mol. The smallest absolute Gasteiger partial charge is 0.342 e. The van der Waals surface area contributed by atoms with Crippen LogP contribution in [0, 0.1) is 11.6 Å². The number of carbonyl (C=O) groups is 1. The Morgan fingerprint density at radius 3 is 2.77 bits per heavy atom. The lowest BCUT2D eigenvalue weighted by atomic mass is 10.3. The molecule has 3 N–H and O–H groups in total. The van der Waals surface area contributed by atoms with Gasteiger partial charge in [0.1, 0.15) is 21.8 Å². The van der Waals surface area contributed by atoms with E-state index < -0.39 is 5.97 Å². The zero-order valence-electron chi connectivity index (χ0n) is 7.21. The van der Waals surface area contributed by atoms with Gasteiger partial charge in [-0.3, -0.25) is 0 Å². The third-order valence-electron chi connectivity index (χ3n) is 1.50. The van der Waals surface area contributed by atoms with Crippen molar-refractivity contribution in [1.82, 2.24) is 9.97 Å². The van der Waals surface area contributed by atoms with E-state index >= 15 is 0 Å². The van der Waals surface area contributed by atoms with Crippen LogP contribution in [0.25, 0.3) is 0 Å². The van der Waals surface area contributed by atoms with Crippen LogP contribution in [0.4, 0.5) is 5.82 Å². The van der Waals surface area contributed by atoms with Crippen molar-refractivity contribution in [3.63, 3.8) is 0 Å². The first kappa shape index (κ1) is 9.66. The van der Waals surface area contributed by atoms with E-state index in [9.17, 15) is 4.79 Å². The highest BCUT2D eigenvalue weighted by atomic mass is 32.1. The first-order valence-electron chi connectivity index (χ1n) is 3.58. The third kappa shape index (κ3) is 1.83. The molecule has 1 heterocycles. The molecule has 1 rings (SSSR count). The average Bonchev–Trinajstić information content (AvgIpc) is 2.01. The number of rotatable bonds is 2. The highest BCUT2D eigenvalue weighted by molar-refractivity contribution is 7.71. The topological polar surface area (TPSA) is 78.0 Å². The van der Waals surface area contributed by atoms with Crippen molar-refractivity contribution in [1.29, 1.82) is 0 Å². The Kier molecular flexibility index (Phi) is 2.62. The number of nitrogens with zero attached hydrogens (tertiary/aromatic N) is 1. The SMILES string of the molecule is CNc1[nH]c(C)nc(=S)c1C(=O)O. The zero-order valence-corrected chi connectivity index (χ0v) is 8.03. The molecule has 6 heteroatoms. The molecule has 0 amide bonds. The fourth-order valence-electron chi connectivity index (χ4n) is 0.972. The fourth-order valence-corrected chi connectivity index (χ4v) is 1.30. The van der Waals surface area contributed by atoms with Crippen LogP contribution in [-0.4, -0.2) is 28.1 Å². The van der Waals surface area contributed by atoms with E-state index in [4.69, 9.17) is 17.3 Å². The van der Waals surface area contributed by atoms with Gasteiger partial charge in [0.2, 0.25) is 0 Å². The second-order valence-corrected chi connectivity index (χ2v) is 2.82. The maximum Gasteiger partial charge on any atom is 0.342 e. The first-order chi connectivity index (χ1) is 6.06. The van der Waals surface area contributed by atoms with E-state index in [1.807, 2.05) is 0 Å². The Bertz CT molecular complexity index is 399. The van der Waals surface area contributed by atoms with E-state index in [0.717, 1.165) is 0 Å². The number of hydrogen-bond acceptors (Lipinski definition) is 4. The summed E-state index contributed by atoms with van der Waals surface area (Å²) in [6.45, 7) is 1.71. The van der Waals surface area contributed by atoms with E-state index in [1.54, 1.807) is 14.0 Å². The molecule has 0 saturated carbocycles. The van der Waals surface area contributed by atoms with Gasteiger partial charge in [0, 0.05) is 7.05 Å². The van der Waals surface area contributed by atoms with Gasteiger partial charge in [-0.2, -0.15) is 0 Å². The summed E-state index contributed by atoms with van der Waals surface area (Å²) in [6, 6.07) is 0. The van der Waals surface area contributed by atoms with Crippen molar-refractivity contribution in [3.05, 3.63) is 16.0 Å². The number of nitrogens with one attached hydrogen (secondary N) is 2. The molecule has 5 nitrogen and oxygen atoms in total. The number of H-pyrrole nitrogens is 1. The minimum Gasteiger partial charge on any atom is -0.477 e. The molecule has 0 aromatic carbocycles. The lowest BCUT2D eigenvalue weighted by Crippen LogP contribution is -2.08. The maximum atomic E-state index is 10.7. The molecule has 0 saturated heterocycles. The summed E-state index contributed by atoms with van der Waals surface area (Å²) < 4.78 is 0.0908. The molecule has 0 fully saturated rings. The van der Waals surface area contributed by atoms with Crippen LogP contribution >= 0.6 is 12.2 Å². The predicted octanol–water partition coefficient (Wildman–Crippen LogP) is 1.19. The quantitative estimate of drug-likeness (QED) is 0.623. The Balaban J connectivity index is 3.48. The number of aromatic nitrogens is 2. The van der Waals surface area contributed by atoms with Gasteiger partial charge in [0.15, 0.2) is 0 Å². The minimum atomic E-state index is -1.09. The predicted molar refractivity (Wildman–Crippen MR) is 50.7 cm³/mol. The van der Waals surface area contributed by atoms with Crippen molar-refractivity contribution in [2.75, 3.05) is 12.4 Å². The van der Waals surface area contributed by atoms with Gasteiger partial charge in [-0.25, -0.2) is 9.78 Å². The number of aromatic carboxylic acids is 1. The second-order valence-electron chi connectivity index (χ2n) is 2.43. The first-order valence-corrected chi connectivity index (χ1v) is 3.99. The van der Waals surface area contributed by atoms with Gasteiger partial charge in [-0.05, 0) is 6.92 Å². The van der Waals surface area contributed by atoms with Crippen molar-refractivity contribution in [3.8, 4) is 0 Å². The molecule has 70 valence electrons. The van der Waals surface area contributed by atoms with E-state index in [0.29, 0.717) is 11.6 Å². The maximum absolute atomic E-state index is 10.7. The summed E-state index contributed by atoms with van der Waals surface area (Å²) in [5.41, 5.74) is 0.00287. The lowest BCUT2D eigenvalue weighted by Gasteiger charge is -2.05. The van der Waals surface area contributed by atoms with E-state index in [1.165, 1.54) is 0 Å². The number of carboxylic acids is 1. The van der Waals surface area contributed by atoms with E-state index in [2.05, 4.69) is 15.3 Å². The molecule has 0 bridgehead atoms. The Morgan fingerprint density at radius 1 is 1.69 bits per heavy atom. The molecule has 0 aliphatic heterocycles. The number of aryl methyl sites for hydroxylation is 1. The normalized spacial score (nSPS) is 9.69. The van der Waals surface area contributed by atoms with Crippen molar-refractivity contribution < 1.29 is 9.90 Å². The number of carboxylic acid groups (broad SMARTS) is 1. The summed E-state index contributed by atoms with van der Waals surface area (Å²) >= 11 is 4.82. The lowest BCUT2D eigenvalue weighted by molar-refractivity contribution is 0.0696. The highest BCUT2D eigenvalue weighted by Crippen LogP contribution is 2.12. The standard InChI is InChI=1S/C7H9N3O2S/c1-3-9-5(8-2)4(7(11)12)6(13)10-3/h1-2H3,(H,11,12)(H2,8,9,10,13). The third-order valence-corrected chi connectivity index (χ3v) is 1.80. The summed E-state index contributed by atoms with van der Waals surface area (Å²) in [4.78, 5) is 17.4. The summed E-state index contributed by atoms with van der Waals surface area (Å²) in [5.74, 6) is -0.123. The van der Waals surface area contributed by atoms with Gasteiger partial charge in [0.05, 0.1) is 0 Å². The fraction of sp³-hybridized carbons (Fsp3) is 0.286. The van der Waals surface area contributed by atoms with Crippen molar-refractivity contribution >= 4 is 24.0 Å². The van der Waals surface area contributed by atoms with Gasteiger partial charge in [-0.1, -0.05) is 12.2 Å². The van der Waals surface area contributed by atoms with Crippen molar-refractivity contribution in [2.45, 2.75) is 6.92 Å². The zero-order chi connectivity index (χ0) is 10.0. The van der Waals surface area contributed by atoms with Crippen LogP contribution in [-0.2, 0) is 0 Å². The minimum absolute atomic E-state index is 0.00287.